The summed E-state index contributed by atoms with van der Waals surface area (Å²) in [6.07, 6.45) is 1.39. The number of aromatic nitrogens is 1. The van der Waals surface area contributed by atoms with Crippen molar-refractivity contribution in [3.05, 3.63) is 69.5 Å². The molecule has 0 saturated carbocycles. The Kier molecular flexibility index (Phi) is 4.04. The minimum Gasteiger partial charge on any atom is -0.495 e. The summed E-state index contributed by atoms with van der Waals surface area (Å²) in [5.74, 6) is 0.0579. The molecule has 2 N–H and O–H groups in total. The molecule has 0 atom stereocenters. The number of nitrogens with one attached hydrogen (secondary N) is 2. The largest absolute Gasteiger partial charge is 0.495 e. The highest BCUT2D eigenvalue weighted by atomic mass is 35.5. The van der Waals surface area contributed by atoms with Crippen LogP contribution < -0.4 is 15.5 Å². The fourth-order valence-electron chi connectivity index (χ4n) is 2.29. The minimum atomic E-state index is -0.488. The molecule has 23 heavy (non-hydrogen) atoms. The number of anilines is 1. The van der Waals surface area contributed by atoms with Crippen molar-refractivity contribution in [1.29, 1.82) is 0 Å². The molecule has 0 fully saturated rings. The number of H-pyrrole nitrogens is 1. The molecule has 0 spiro atoms. The molecule has 0 aliphatic carbocycles. The van der Waals surface area contributed by atoms with Crippen molar-refractivity contribution in [2.45, 2.75) is 0 Å². The van der Waals surface area contributed by atoms with Gasteiger partial charge in [-0.3, -0.25) is 9.59 Å². The molecule has 3 rings (SSSR count). The third-order valence-electron chi connectivity index (χ3n) is 3.44. The van der Waals surface area contributed by atoms with E-state index in [0.717, 1.165) is 0 Å². The van der Waals surface area contributed by atoms with Gasteiger partial charge in [-0.25, -0.2) is 0 Å². The second-order valence-corrected chi connectivity index (χ2v) is 5.31. The van der Waals surface area contributed by atoms with Crippen LogP contribution in [0.2, 0.25) is 5.02 Å². The van der Waals surface area contributed by atoms with Crippen molar-refractivity contribution in [3.63, 3.8) is 0 Å². The number of amides is 1. The van der Waals surface area contributed by atoms with Gasteiger partial charge in [-0.1, -0.05) is 17.7 Å². The summed E-state index contributed by atoms with van der Waals surface area (Å²) >= 11 is 5.80. The van der Waals surface area contributed by atoms with E-state index in [0.29, 0.717) is 27.4 Å². The van der Waals surface area contributed by atoms with E-state index in [9.17, 15) is 9.59 Å². The molecule has 0 bridgehead atoms. The van der Waals surface area contributed by atoms with Crippen LogP contribution in [0.4, 0.5) is 5.69 Å². The van der Waals surface area contributed by atoms with E-state index in [4.69, 9.17) is 16.3 Å². The highest BCUT2D eigenvalue weighted by Gasteiger charge is 2.14. The summed E-state index contributed by atoms with van der Waals surface area (Å²) in [5, 5.41) is 3.64. The first kappa shape index (κ1) is 15.1. The highest BCUT2D eigenvalue weighted by Crippen LogP contribution is 2.21. The van der Waals surface area contributed by atoms with Crippen LogP contribution in [0.5, 0.6) is 5.75 Å². The third-order valence-corrected chi connectivity index (χ3v) is 3.69. The lowest BCUT2D eigenvalue weighted by molar-refractivity contribution is 0.102. The molecule has 5 nitrogen and oxygen atoms in total. The standard InChI is InChI=1S/C17H13ClN2O3/c1-23-14-4-2-3-12-15(14)19-9-13(16(12)21)17(22)20-11-7-5-10(18)6-8-11/h2-9H,1H3,(H,19,21)(H,20,22). The van der Waals surface area contributed by atoms with E-state index >= 15 is 0 Å². The second kappa shape index (κ2) is 6.14. The zero-order chi connectivity index (χ0) is 16.4. The number of para-hydroxylation sites is 1. The first-order chi connectivity index (χ1) is 11.1. The van der Waals surface area contributed by atoms with Crippen LogP contribution in [0.3, 0.4) is 0 Å². The molecule has 1 heterocycles. The van der Waals surface area contributed by atoms with Crippen molar-refractivity contribution in [1.82, 2.24) is 4.98 Å². The maximum atomic E-state index is 12.5. The van der Waals surface area contributed by atoms with Gasteiger partial charge in [0.05, 0.1) is 18.0 Å². The van der Waals surface area contributed by atoms with Gasteiger partial charge in [-0.2, -0.15) is 0 Å². The lowest BCUT2D eigenvalue weighted by Crippen LogP contribution is -2.22. The lowest BCUT2D eigenvalue weighted by atomic mass is 10.1. The molecule has 116 valence electrons. The Morgan fingerprint density at radius 1 is 1.17 bits per heavy atom. The van der Waals surface area contributed by atoms with Crippen LogP contribution in [0.1, 0.15) is 10.4 Å². The number of ether oxygens (including phenoxy) is 1. The van der Waals surface area contributed by atoms with E-state index in [2.05, 4.69) is 10.3 Å². The average Bonchev–Trinajstić information content (AvgIpc) is 2.57. The summed E-state index contributed by atoms with van der Waals surface area (Å²) < 4.78 is 5.21. The molecule has 0 aliphatic rings. The van der Waals surface area contributed by atoms with Crippen molar-refractivity contribution in [3.8, 4) is 5.75 Å². The average molecular weight is 329 g/mol. The minimum absolute atomic E-state index is 0.0284. The van der Waals surface area contributed by atoms with Gasteiger partial charge in [0, 0.05) is 16.9 Å². The summed E-state index contributed by atoms with van der Waals surface area (Å²) in [6.45, 7) is 0. The van der Waals surface area contributed by atoms with Crippen LogP contribution in [0.15, 0.2) is 53.5 Å². The van der Waals surface area contributed by atoms with Crippen molar-refractivity contribution >= 4 is 34.1 Å². The van der Waals surface area contributed by atoms with Gasteiger partial charge in [-0.05, 0) is 36.4 Å². The van der Waals surface area contributed by atoms with Gasteiger partial charge in [0.15, 0.2) is 0 Å². The van der Waals surface area contributed by atoms with Gasteiger partial charge in [0.25, 0.3) is 5.91 Å². The monoisotopic (exact) mass is 328 g/mol. The molecule has 6 heteroatoms. The molecule has 1 aromatic heterocycles. The Hall–Kier alpha value is -2.79. The van der Waals surface area contributed by atoms with Gasteiger partial charge in [0.2, 0.25) is 5.43 Å². The summed E-state index contributed by atoms with van der Waals surface area (Å²) in [5.41, 5.74) is 0.789. The summed E-state index contributed by atoms with van der Waals surface area (Å²) in [4.78, 5) is 27.8. The van der Waals surface area contributed by atoms with Crippen LogP contribution in [0, 0.1) is 0 Å². The topological polar surface area (TPSA) is 71.2 Å². The molecule has 0 aliphatic heterocycles. The van der Waals surface area contributed by atoms with Gasteiger partial charge < -0.3 is 15.0 Å². The zero-order valence-corrected chi connectivity index (χ0v) is 13.0. The molecule has 0 unspecified atom stereocenters. The molecule has 0 radical (unpaired) electrons. The van der Waals surface area contributed by atoms with Gasteiger partial charge >= 0.3 is 0 Å². The first-order valence-corrected chi connectivity index (χ1v) is 7.23. The fraction of sp³-hybridized carbons (Fsp3) is 0.0588. The predicted molar refractivity (Wildman–Crippen MR) is 90.5 cm³/mol. The number of fused-ring (bicyclic) bond motifs is 1. The van der Waals surface area contributed by atoms with Gasteiger partial charge in [0.1, 0.15) is 11.3 Å². The molecule has 3 aromatic rings. The van der Waals surface area contributed by atoms with E-state index in [-0.39, 0.29) is 11.0 Å². The van der Waals surface area contributed by atoms with E-state index in [1.807, 2.05) is 0 Å². The number of methoxy groups -OCH3 is 1. The number of halogens is 1. The van der Waals surface area contributed by atoms with Crippen LogP contribution in [0.25, 0.3) is 10.9 Å². The normalized spacial score (nSPS) is 10.5. The van der Waals surface area contributed by atoms with Crippen molar-refractivity contribution in [2.75, 3.05) is 12.4 Å². The number of hydrogen-bond donors (Lipinski definition) is 2. The Bertz CT molecular complexity index is 933. The van der Waals surface area contributed by atoms with Crippen LogP contribution in [-0.4, -0.2) is 18.0 Å². The molecular formula is C17H13ClN2O3. The predicted octanol–water partition coefficient (Wildman–Crippen LogP) is 3.44. The number of rotatable bonds is 3. The zero-order valence-electron chi connectivity index (χ0n) is 12.2. The van der Waals surface area contributed by atoms with E-state index in [1.54, 1.807) is 42.5 Å². The molecule has 2 aromatic carbocycles. The van der Waals surface area contributed by atoms with Crippen molar-refractivity contribution < 1.29 is 9.53 Å². The number of hydrogen-bond acceptors (Lipinski definition) is 3. The van der Waals surface area contributed by atoms with Crippen LogP contribution in [-0.2, 0) is 0 Å². The quantitative estimate of drug-likeness (QED) is 0.773. The van der Waals surface area contributed by atoms with Gasteiger partial charge in [-0.15, -0.1) is 0 Å². The fourth-order valence-corrected chi connectivity index (χ4v) is 2.42. The number of carbonyl (C=O) groups excluding carboxylic acids is 1. The van der Waals surface area contributed by atoms with Crippen LogP contribution >= 0.6 is 11.6 Å². The SMILES string of the molecule is COc1cccc2c(=O)c(C(=O)Nc3ccc(Cl)cc3)c[nH]c12. The maximum absolute atomic E-state index is 12.5. The molecular weight excluding hydrogens is 316 g/mol. The number of carbonyl (C=O) groups is 1. The summed E-state index contributed by atoms with van der Waals surface area (Å²) in [7, 11) is 1.52. The first-order valence-electron chi connectivity index (χ1n) is 6.85. The lowest BCUT2D eigenvalue weighted by Gasteiger charge is -2.08. The Morgan fingerprint density at radius 2 is 1.91 bits per heavy atom. The number of benzene rings is 2. The Labute approximate surface area is 136 Å². The maximum Gasteiger partial charge on any atom is 0.261 e. The van der Waals surface area contributed by atoms with E-state index in [1.165, 1.54) is 13.3 Å². The highest BCUT2D eigenvalue weighted by molar-refractivity contribution is 6.30. The van der Waals surface area contributed by atoms with Crippen molar-refractivity contribution in [2.24, 2.45) is 0 Å². The Balaban J connectivity index is 1.99. The Morgan fingerprint density at radius 3 is 2.61 bits per heavy atom. The second-order valence-electron chi connectivity index (χ2n) is 4.88. The summed E-state index contributed by atoms with van der Waals surface area (Å²) in [6, 6.07) is 11.7. The smallest absolute Gasteiger partial charge is 0.261 e. The number of aromatic amines is 1. The molecule has 1 amide bonds. The third kappa shape index (κ3) is 2.91. The number of pyridine rings is 1. The molecule has 0 saturated heterocycles. The van der Waals surface area contributed by atoms with E-state index < -0.39 is 5.91 Å².